The molecule has 1 saturated carbocycles. The largest absolute Gasteiger partial charge is 0.469 e. The Kier molecular flexibility index (Phi) is 3.10. The molecule has 1 aromatic rings. The molecule has 1 fully saturated rings. The molecular formula is C12H16O2S. The Labute approximate surface area is 94.3 Å². The summed E-state index contributed by atoms with van der Waals surface area (Å²) in [7, 11) is 1.47. The molecule has 0 saturated heterocycles. The van der Waals surface area contributed by atoms with E-state index in [9.17, 15) is 4.79 Å². The molecule has 2 nitrogen and oxygen atoms in total. The van der Waals surface area contributed by atoms with Crippen LogP contribution in [0.4, 0.5) is 0 Å². The first-order chi connectivity index (χ1) is 7.22. The molecule has 3 unspecified atom stereocenters. The number of thiophene rings is 1. The van der Waals surface area contributed by atoms with Gasteiger partial charge in [0.15, 0.2) is 0 Å². The highest BCUT2D eigenvalue weighted by Crippen LogP contribution is 2.46. The monoisotopic (exact) mass is 224 g/mol. The van der Waals surface area contributed by atoms with Crippen molar-refractivity contribution < 1.29 is 9.53 Å². The number of ether oxygens (including phenoxy) is 1. The Morgan fingerprint density at radius 2 is 2.53 bits per heavy atom. The summed E-state index contributed by atoms with van der Waals surface area (Å²) in [6.45, 7) is 2.23. The Bertz CT molecular complexity index is 331. The molecule has 3 heteroatoms. The molecule has 1 aliphatic carbocycles. The van der Waals surface area contributed by atoms with Crippen LogP contribution in [0.3, 0.4) is 0 Å². The summed E-state index contributed by atoms with van der Waals surface area (Å²) in [5.74, 6) is 1.27. The Morgan fingerprint density at radius 1 is 1.73 bits per heavy atom. The van der Waals surface area contributed by atoms with Crippen molar-refractivity contribution in [3.8, 4) is 0 Å². The Morgan fingerprint density at radius 3 is 3.13 bits per heavy atom. The summed E-state index contributed by atoms with van der Waals surface area (Å²) in [4.78, 5) is 12.7. The first-order valence-electron chi connectivity index (χ1n) is 5.33. The van der Waals surface area contributed by atoms with Crippen LogP contribution in [0.25, 0.3) is 0 Å². The van der Waals surface area contributed by atoms with Crippen molar-refractivity contribution in [3.63, 3.8) is 0 Å². The second-order valence-electron chi connectivity index (χ2n) is 4.28. The average Bonchev–Trinajstić information content (AvgIpc) is 2.81. The molecule has 0 radical (unpaired) electrons. The summed E-state index contributed by atoms with van der Waals surface area (Å²) < 4.78 is 4.74. The molecule has 0 bridgehead atoms. The molecule has 1 aliphatic rings. The lowest BCUT2D eigenvalue weighted by atomic mass is 10.0. The van der Waals surface area contributed by atoms with Crippen LogP contribution in [0.15, 0.2) is 17.5 Å². The number of rotatable bonds is 4. The molecule has 0 N–H and O–H groups in total. The van der Waals surface area contributed by atoms with E-state index < -0.39 is 0 Å². The van der Waals surface area contributed by atoms with Gasteiger partial charge in [0.05, 0.1) is 13.0 Å². The van der Waals surface area contributed by atoms with Crippen LogP contribution in [0.5, 0.6) is 0 Å². The lowest BCUT2D eigenvalue weighted by Gasteiger charge is -2.07. The molecule has 0 aliphatic heterocycles. The molecule has 0 spiro atoms. The van der Waals surface area contributed by atoms with Crippen molar-refractivity contribution >= 4 is 17.3 Å². The van der Waals surface area contributed by atoms with Crippen molar-refractivity contribution in [2.45, 2.75) is 25.7 Å². The van der Waals surface area contributed by atoms with Gasteiger partial charge in [-0.25, -0.2) is 0 Å². The minimum absolute atomic E-state index is 0.0293. The van der Waals surface area contributed by atoms with Crippen LogP contribution in [-0.4, -0.2) is 13.1 Å². The standard InChI is InChI=1S/C12H16O2S/c1-8(11-4-3-5-15-11)6-9-7-10(9)12(13)14-2/h3-5,8-10H,6-7H2,1-2H3. The molecule has 3 atom stereocenters. The zero-order chi connectivity index (χ0) is 10.8. The quantitative estimate of drug-likeness (QED) is 0.735. The molecule has 0 aromatic carbocycles. The van der Waals surface area contributed by atoms with Crippen LogP contribution in [0.2, 0.25) is 0 Å². The Balaban J connectivity index is 1.83. The zero-order valence-corrected chi connectivity index (χ0v) is 9.92. The number of carbonyl (C=O) groups excluding carboxylic acids is 1. The van der Waals surface area contributed by atoms with E-state index in [-0.39, 0.29) is 11.9 Å². The Hall–Kier alpha value is -0.830. The van der Waals surface area contributed by atoms with Gasteiger partial charge < -0.3 is 4.74 Å². The van der Waals surface area contributed by atoms with Crippen molar-refractivity contribution in [1.29, 1.82) is 0 Å². The molecular weight excluding hydrogens is 208 g/mol. The minimum Gasteiger partial charge on any atom is -0.469 e. The second kappa shape index (κ2) is 4.35. The molecule has 82 valence electrons. The maximum absolute atomic E-state index is 11.2. The van der Waals surface area contributed by atoms with Gasteiger partial charge in [-0.2, -0.15) is 0 Å². The summed E-state index contributed by atoms with van der Waals surface area (Å²) in [5.41, 5.74) is 0. The van der Waals surface area contributed by atoms with Gasteiger partial charge in [-0.05, 0) is 36.1 Å². The second-order valence-corrected chi connectivity index (χ2v) is 5.26. The van der Waals surface area contributed by atoms with Gasteiger partial charge in [0.1, 0.15) is 0 Å². The van der Waals surface area contributed by atoms with Crippen molar-refractivity contribution in [3.05, 3.63) is 22.4 Å². The van der Waals surface area contributed by atoms with E-state index in [0.717, 1.165) is 12.8 Å². The fourth-order valence-electron chi connectivity index (χ4n) is 2.09. The third kappa shape index (κ3) is 2.40. The van der Waals surface area contributed by atoms with Crippen molar-refractivity contribution in [2.75, 3.05) is 7.11 Å². The van der Waals surface area contributed by atoms with Gasteiger partial charge in [-0.3, -0.25) is 4.79 Å². The van der Waals surface area contributed by atoms with Gasteiger partial charge in [-0.15, -0.1) is 11.3 Å². The molecule has 1 aromatic heterocycles. The lowest BCUT2D eigenvalue weighted by Crippen LogP contribution is -2.05. The average molecular weight is 224 g/mol. The molecule has 0 amide bonds. The smallest absolute Gasteiger partial charge is 0.308 e. The first kappa shape index (κ1) is 10.7. The number of carbonyl (C=O) groups is 1. The fraction of sp³-hybridized carbons (Fsp3) is 0.583. The molecule has 2 rings (SSSR count). The van der Waals surface area contributed by atoms with Crippen LogP contribution in [0, 0.1) is 11.8 Å². The van der Waals surface area contributed by atoms with E-state index in [2.05, 4.69) is 24.4 Å². The van der Waals surface area contributed by atoms with Crippen LogP contribution < -0.4 is 0 Å². The van der Waals surface area contributed by atoms with Crippen LogP contribution in [0.1, 0.15) is 30.6 Å². The third-order valence-corrected chi connectivity index (χ3v) is 4.22. The lowest BCUT2D eigenvalue weighted by molar-refractivity contribution is -0.142. The summed E-state index contributed by atoms with van der Waals surface area (Å²) in [6, 6.07) is 4.26. The zero-order valence-electron chi connectivity index (χ0n) is 9.10. The molecule has 1 heterocycles. The highest BCUT2D eigenvalue weighted by atomic mass is 32.1. The van der Waals surface area contributed by atoms with E-state index >= 15 is 0 Å². The maximum Gasteiger partial charge on any atom is 0.308 e. The maximum atomic E-state index is 11.2. The highest BCUT2D eigenvalue weighted by molar-refractivity contribution is 7.10. The fourth-order valence-corrected chi connectivity index (χ4v) is 2.89. The third-order valence-electron chi connectivity index (χ3n) is 3.11. The number of esters is 1. The van der Waals surface area contributed by atoms with Crippen molar-refractivity contribution in [2.24, 2.45) is 11.8 Å². The minimum atomic E-state index is -0.0293. The SMILES string of the molecule is COC(=O)C1CC1CC(C)c1cccs1. The van der Waals surface area contributed by atoms with Crippen LogP contribution in [-0.2, 0) is 9.53 Å². The van der Waals surface area contributed by atoms with Gasteiger partial charge in [-0.1, -0.05) is 13.0 Å². The van der Waals surface area contributed by atoms with E-state index in [1.807, 2.05) is 0 Å². The predicted molar refractivity (Wildman–Crippen MR) is 61.0 cm³/mol. The highest BCUT2D eigenvalue weighted by Gasteiger charge is 2.44. The number of methoxy groups -OCH3 is 1. The summed E-state index contributed by atoms with van der Waals surface area (Å²) >= 11 is 1.80. The van der Waals surface area contributed by atoms with Gasteiger partial charge in [0.25, 0.3) is 0 Å². The first-order valence-corrected chi connectivity index (χ1v) is 6.21. The molecule has 15 heavy (non-hydrogen) atoms. The van der Waals surface area contributed by atoms with Crippen molar-refractivity contribution in [1.82, 2.24) is 0 Å². The van der Waals surface area contributed by atoms with E-state index in [1.54, 1.807) is 11.3 Å². The summed E-state index contributed by atoms with van der Waals surface area (Å²) in [5, 5.41) is 2.11. The predicted octanol–water partition coefficient (Wildman–Crippen LogP) is 3.05. The van der Waals surface area contributed by atoms with E-state index in [1.165, 1.54) is 12.0 Å². The summed E-state index contributed by atoms with van der Waals surface area (Å²) in [6.07, 6.45) is 2.13. The topological polar surface area (TPSA) is 26.3 Å². The van der Waals surface area contributed by atoms with E-state index in [4.69, 9.17) is 4.74 Å². The number of hydrogen-bond acceptors (Lipinski definition) is 3. The van der Waals surface area contributed by atoms with Gasteiger partial charge >= 0.3 is 5.97 Å². The van der Waals surface area contributed by atoms with E-state index in [0.29, 0.717) is 11.8 Å². The van der Waals surface area contributed by atoms with Crippen LogP contribution >= 0.6 is 11.3 Å². The van der Waals surface area contributed by atoms with Gasteiger partial charge in [0, 0.05) is 4.88 Å². The van der Waals surface area contributed by atoms with Gasteiger partial charge in [0.2, 0.25) is 0 Å². The normalized spacial score (nSPS) is 26.0. The number of hydrogen-bond donors (Lipinski definition) is 0.